The smallest absolute Gasteiger partial charge is 0.0832 e. The van der Waals surface area contributed by atoms with E-state index in [2.05, 4.69) is 10.1 Å². The molecule has 0 atom stereocenters. The topological polar surface area (TPSA) is 56.7 Å². The van der Waals surface area contributed by atoms with Crippen molar-refractivity contribution in [1.29, 1.82) is 0 Å². The van der Waals surface area contributed by atoms with Crippen molar-refractivity contribution in [1.82, 2.24) is 14.8 Å². The molecule has 0 saturated heterocycles. The largest absolute Gasteiger partial charge is 0.399 e. The Morgan fingerprint density at radius 3 is 2.93 bits per heavy atom. The highest BCUT2D eigenvalue weighted by molar-refractivity contribution is 5.37. The predicted molar refractivity (Wildman–Crippen MR) is 54.7 cm³/mol. The molecule has 0 aliphatic rings. The van der Waals surface area contributed by atoms with E-state index in [0.29, 0.717) is 6.54 Å². The summed E-state index contributed by atoms with van der Waals surface area (Å²) in [5.41, 5.74) is 8.32. The number of nitrogens with two attached hydrogens (primary N) is 1. The minimum atomic E-state index is 0.666. The van der Waals surface area contributed by atoms with Crippen LogP contribution in [0.4, 0.5) is 5.69 Å². The minimum absolute atomic E-state index is 0.666. The van der Waals surface area contributed by atoms with Crippen LogP contribution in [0.2, 0.25) is 0 Å². The second kappa shape index (κ2) is 3.49. The summed E-state index contributed by atoms with van der Waals surface area (Å²) in [7, 11) is 0. The fourth-order valence-corrected chi connectivity index (χ4v) is 1.30. The zero-order valence-electron chi connectivity index (χ0n) is 8.01. The van der Waals surface area contributed by atoms with Gasteiger partial charge in [0, 0.05) is 18.1 Å². The molecule has 2 rings (SSSR count). The van der Waals surface area contributed by atoms with Gasteiger partial charge in [-0.3, -0.25) is 9.67 Å². The number of pyridine rings is 1. The standard InChI is InChI=1S/C10H12N4/c1-8-3-5-14(13-8)7-10-6-9(11)2-4-12-10/h2-6H,7H2,1H3,(H2,11,12). The molecule has 0 aliphatic heterocycles. The van der Waals surface area contributed by atoms with Crippen LogP contribution in [0.3, 0.4) is 0 Å². The fourth-order valence-electron chi connectivity index (χ4n) is 1.30. The summed E-state index contributed by atoms with van der Waals surface area (Å²) < 4.78 is 1.84. The summed E-state index contributed by atoms with van der Waals surface area (Å²) in [5.74, 6) is 0. The maximum Gasteiger partial charge on any atom is 0.0832 e. The molecule has 2 N–H and O–H groups in total. The SMILES string of the molecule is Cc1ccn(Cc2cc(N)ccn2)n1. The zero-order chi connectivity index (χ0) is 9.97. The molecule has 0 bridgehead atoms. The van der Waals surface area contributed by atoms with Crippen molar-refractivity contribution in [2.24, 2.45) is 0 Å². The van der Waals surface area contributed by atoms with Crippen LogP contribution < -0.4 is 5.73 Å². The molecule has 72 valence electrons. The zero-order valence-corrected chi connectivity index (χ0v) is 8.01. The molecule has 2 aromatic rings. The van der Waals surface area contributed by atoms with Crippen molar-refractivity contribution >= 4 is 5.69 Å². The van der Waals surface area contributed by atoms with E-state index < -0.39 is 0 Å². The van der Waals surface area contributed by atoms with Gasteiger partial charge in [-0.15, -0.1) is 0 Å². The van der Waals surface area contributed by atoms with E-state index >= 15 is 0 Å². The van der Waals surface area contributed by atoms with Gasteiger partial charge < -0.3 is 5.73 Å². The van der Waals surface area contributed by atoms with Crippen LogP contribution in [0.1, 0.15) is 11.4 Å². The molecule has 0 unspecified atom stereocenters. The van der Waals surface area contributed by atoms with Crippen LogP contribution in [-0.2, 0) is 6.54 Å². The van der Waals surface area contributed by atoms with Crippen LogP contribution in [0.25, 0.3) is 0 Å². The van der Waals surface area contributed by atoms with Gasteiger partial charge >= 0.3 is 0 Å². The third-order valence-electron chi connectivity index (χ3n) is 1.94. The van der Waals surface area contributed by atoms with Crippen LogP contribution in [0, 0.1) is 6.92 Å². The Labute approximate surface area is 82.4 Å². The van der Waals surface area contributed by atoms with Gasteiger partial charge in [0.15, 0.2) is 0 Å². The molecule has 0 spiro atoms. The second-order valence-electron chi connectivity index (χ2n) is 3.24. The normalized spacial score (nSPS) is 10.4. The number of aromatic nitrogens is 3. The van der Waals surface area contributed by atoms with E-state index in [1.807, 2.05) is 29.9 Å². The Morgan fingerprint density at radius 1 is 1.43 bits per heavy atom. The van der Waals surface area contributed by atoms with Gasteiger partial charge in [-0.25, -0.2) is 0 Å². The van der Waals surface area contributed by atoms with E-state index in [1.54, 1.807) is 12.3 Å². The van der Waals surface area contributed by atoms with Gasteiger partial charge in [0.1, 0.15) is 0 Å². The Balaban J connectivity index is 2.18. The Morgan fingerprint density at radius 2 is 2.29 bits per heavy atom. The highest BCUT2D eigenvalue weighted by atomic mass is 15.3. The molecular weight excluding hydrogens is 176 g/mol. The molecule has 2 aromatic heterocycles. The van der Waals surface area contributed by atoms with Gasteiger partial charge in [0.05, 0.1) is 17.9 Å². The summed E-state index contributed by atoms with van der Waals surface area (Å²) >= 11 is 0. The molecule has 0 amide bonds. The summed E-state index contributed by atoms with van der Waals surface area (Å²) in [4.78, 5) is 4.20. The summed E-state index contributed by atoms with van der Waals surface area (Å²) in [5, 5.41) is 4.27. The molecule has 0 aromatic carbocycles. The van der Waals surface area contributed by atoms with Gasteiger partial charge in [0.2, 0.25) is 0 Å². The monoisotopic (exact) mass is 188 g/mol. The quantitative estimate of drug-likeness (QED) is 0.770. The first-order valence-electron chi connectivity index (χ1n) is 4.44. The highest BCUT2D eigenvalue weighted by Crippen LogP contribution is 2.04. The maximum absolute atomic E-state index is 5.65. The molecule has 4 heteroatoms. The van der Waals surface area contributed by atoms with E-state index in [-0.39, 0.29) is 0 Å². The summed E-state index contributed by atoms with van der Waals surface area (Å²) in [6.07, 6.45) is 3.64. The predicted octanol–water partition coefficient (Wildman–Crippen LogP) is 1.22. The minimum Gasteiger partial charge on any atom is -0.399 e. The molecule has 2 heterocycles. The van der Waals surface area contributed by atoms with Crippen LogP contribution in [-0.4, -0.2) is 14.8 Å². The number of anilines is 1. The van der Waals surface area contributed by atoms with Gasteiger partial charge in [-0.05, 0) is 25.1 Å². The Bertz CT molecular complexity index is 433. The first-order valence-corrected chi connectivity index (χ1v) is 4.44. The van der Waals surface area contributed by atoms with E-state index in [9.17, 15) is 0 Å². The lowest BCUT2D eigenvalue weighted by Gasteiger charge is -2.01. The van der Waals surface area contributed by atoms with Crippen molar-refractivity contribution in [2.75, 3.05) is 5.73 Å². The van der Waals surface area contributed by atoms with Gasteiger partial charge in [0.25, 0.3) is 0 Å². The van der Waals surface area contributed by atoms with Crippen molar-refractivity contribution in [3.05, 3.63) is 42.0 Å². The lowest BCUT2D eigenvalue weighted by molar-refractivity contribution is 0.666. The lowest BCUT2D eigenvalue weighted by Crippen LogP contribution is -2.03. The van der Waals surface area contributed by atoms with Crippen molar-refractivity contribution in [2.45, 2.75) is 13.5 Å². The molecule has 14 heavy (non-hydrogen) atoms. The molecule has 0 aliphatic carbocycles. The van der Waals surface area contributed by atoms with Crippen LogP contribution in [0.15, 0.2) is 30.6 Å². The third-order valence-corrected chi connectivity index (χ3v) is 1.94. The van der Waals surface area contributed by atoms with Crippen molar-refractivity contribution in [3.63, 3.8) is 0 Å². The van der Waals surface area contributed by atoms with Crippen molar-refractivity contribution in [3.8, 4) is 0 Å². The van der Waals surface area contributed by atoms with Crippen LogP contribution in [0.5, 0.6) is 0 Å². The Kier molecular flexibility index (Phi) is 2.18. The average molecular weight is 188 g/mol. The number of hydrogen-bond donors (Lipinski definition) is 1. The first kappa shape index (κ1) is 8.74. The Hall–Kier alpha value is -1.84. The maximum atomic E-state index is 5.65. The molecule has 0 saturated carbocycles. The van der Waals surface area contributed by atoms with Gasteiger partial charge in [-0.2, -0.15) is 5.10 Å². The van der Waals surface area contributed by atoms with E-state index in [0.717, 1.165) is 17.1 Å². The fraction of sp³-hybridized carbons (Fsp3) is 0.200. The number of hydrogen-bond acceptors (Lipinski definition) is 3. The average Bonchev–Trinajstić information content (AvgIpc) is 2.51. The summed E-state index contributed by atoms with van der Waals surface area (Å²) in [6, 6.07) is 5.60. The molecule has 0 fully saturated rings. The van der Waals surface area contributed by atoms with E-state index in [4.69, 9.17) is 5.73 Å². The number of rotatable bonds is 2. The van der Waals surface area contributed by atoms with Crippen LogP contribution >= 0.6 is 0 Å². The van der Waals surface area contributed by atoms with E-state index in [1.165, 1.54) is 0 Å². The lowest BCUT2D eigenvalue weighted by atomic mass is 10.3. The number of aryl methyl sites for hydroxylation is 1. The third kappa shape index (κ3) is 1.90. The number of nitrogen functional groups attached to an aromatic ring is 1. The van der Waals surface area contributed by atoms with Gasteiger partial charge in [-0.1, -0.05) is 0 Å². The second-order valence-corrected chi connectivity index (χ2v) is 3.24. The molecular formula is C10H12N4. The highest BCUT2D eigenvalue weighted by Gasteiger charge is 1.98. The first-order chi connectivity index (χ1) is 6.74. The van der Waals surface area contributed by atoms with Crippen molar-refractivity contribution < 1.29 is 0 Å². The number of nitrogens with zero attached hydrogens (tertiary/aromatic N) is 3. The summed E-state index contributed by atoms with van der Waals surface area (Å²) in [6.45, 7) is 2.63. The molecule has 4 nitrogen and oxygen atoms in total. The molecule has 0 radical (unpaired) electrons.